The minimum Gasteiger partial charge on any atom is -0.496 e. The lowest BCUT2D eigenvalue weighted by Crippen LogP contribution is -2.34. The first-order valence-corrected chi connectivity index (χ1v) is 11.8. The van der Waals surface area contributed by atoms with E-state index in [1.165, 1.54) is 0 Å². The average Bonchev–Trinajstić information content (AvgIpc) is 2.84. The second-order valence-electron chi connectivity index (χ2n) is 8.52. The standard InChI is InChI=1S/C27H30ClN3O2/c1-19-11-12-23(27(32)29-17-21-7-4-6-10-25(21)33-2)26(30-19)20-13-15-31(16-14-20)18-22-8-3-5-9-24(22)28/h3-12,20H,13-18H2,1-2H3,(H,29,32). The van der Waals surface area contributed by atoms with Crippen LogP contribution in [0.3, 0.4) is 0 Å². The van der Waals surface area contributed by atoms with Crippen LogP contribution in [0.5, 0.6) is 5.75 Å². The SMILES string of the molecule is COc1ccccc1CNC(=O)c1ccc(C)nc1C1CCN(Cc2ccccc2Cl)CC1. The topological polar surface area (TPSA) is 54.5 Å². The minimum atomic E-state index is -0.0955. The van der Waals surface area contributed by atoms with Crippen LogP contribution in [-0.4, -0.2) is 36.0 Å². The summed E-state index contributed by atoms with van der Waals surface area (Å²) >= 11 is 6.35. The number of nitrogens with zero attached hydrogens (tertiary/aromatic N) is 2. The van der Waals surface area contributed by atoms with Gasteiger partial charge in [0.15, 0.2) is 0 Å². The highest BCUT2D eigenvalue weighted by molar-refractivity contribution is 6.31. The average molecular weight is 464 g/mol. The molecule has 33 heavy (non-hydrogen) atoms. The van der Waals surface area contributed by atoms with Gasteiger partial charge in [-0.15, -0.1) is 0 Å². The van der Waals surface area contributed by atoms with Crippen LogP contribution in [0.1, 0.15) is 51.6 Å². The van der Waals surface area contributed by atoms with Crippen LogP contribution >= 0.6 is 11.6 Å². The van der Waals surface area contributed by atoms with Crippen molar-refractivity contribution in [2.45, 2.75) is 38.8 Å². The molecule has 0 saturated carbocycles. The van der Waals surface area contributed by atoms with Crippen molar-refractivity contribution in [3.05, 3.63) is 93.8 Å². The zero-order valence-corrected chi connectivity index (χ0v) is 19.9. The van der Waals surface area contributed by atoms with Crippen LogP contribution < -0.4 is 10.1 Å². The van der Waals surface area contributed by atoms with Crippen LogP contribution in [0.2, 0.25) is 5.02 Å². The molecule has 3 aromatic rings. The Bertz CT molecular complexity index is 1110. The van der Waals surface area contributed by atoms with Crippen molar-refractivity contribution in [1.29, 1.82) is 0 Å². The van der Waals surface area contributed by atoms with Crippen molar-refractivity contribution in [1.82, 2.24) is 15.2 Å². The molecule has 1 aliphatic rings. The van der Waals surface area contributed by atoms with Gasteiger partial charge in [-0.3, -0.25) is 14.7 Å². The van der Waals surface area contributed by atoms with Crippen molar-refractivity contribution < 1.29 is 9.53 Å². The second kappa shape index (κ2) is 10.8. The van der Waals surface area contributed by atoms with Gasteiger partial charge in [0, 0.05) is 35.3 Å². The molecular formula is C27H30ClN3O2. The van der Waals surface area contributed by atoms with E-state index in [1.54, 1.807) is 7.11 Å². The summed E-state index contributed by atoms with van der Waals surface area (Å²) in [5, 5.41) is 3.87. The zero-order chi connectivity index (χ0) is 23.2. The van der Waals surface area contributed by atoms with Crippen LogP contribution in [0.25, 0.3) is 0 Å². The molecule has 1 saturated heterocycles. The molecule has 6 heteroatoms. The maximum absolute atomic E-state index is 13.1. The largest absolute Gasteiger partial charge is 0.496 e. The summed E-state index contributed by atoms with van der Waals surface area (Å²) in [5.41, 5.74) is 4.61. The number of hydrogen-bond acceptors (Lipinski definition) is 4. The fourth-order valence-corrected chi connectivity index (χ4v) is 4.63. The highest BCUT2D eigenvalue weighted by atomic mass is 35.5. The highest BCUT2D eigenvalue weighted by Crippen LogP contribution is 2.31. The Kier molecular flexibility index (Phi) is 7.63. The number of aromatic nitrogens is 1. The van der Waals surface area contributed by atoms with Crippen molar-refractivity contribution in [3.8, 4) is 5.75 Å². The fourth-order valence-electron chi connectivity index (χ4n) is 4.43. The molecule has 2 aromatic carbocycles. The van der Waals surface area contributed by atoms with Crippen molar-refractivity contribution >= 4 is 17.5 Å². The quantitative estimate of drug-likeness (QED) is 0.512. The first-order chi connectivity index (χ1) is 16.0. The number of likely N-dealkylation sites (tertiary alicyclic amines) is 1. The number of benzene rings is 2. The number of methoxy groups -OCH3 is 1. The summed E-state index contributed by atoms with van der Waals surface area (Å²) < 4.78 is 5.40. The Hall–Kier alpha value is -2.89. The third-order valence-electron chi connectivity index (χ3n) is 6.27. The Morgan fingerprint density at radius 2 is 1.76 bits per heavy atom. The molecule has 1 N–H and O–H groups in total. The van der Waals surface area contributed by atoms with E-state index in [-0.39, 0.29) is 11.8 Å². The molecule has 0 unspecified atom stereocenters. The lowest BCUT2D eigenvalue weighted by atomic mass is 9.89. The third-order valence-corrected chi connectivity index (χ3v) is 6.64. The number of piperidine rings is 1. The number of nitrogens with one attached hydrogen (secondary N) is 1. The number of amides is 1. The summed E-state index contributed by atoms with van der Waals surface area (Å²) in [5.74, 6) is 0.937. The number of aryl methyl sites for hydroxylation is 1. The third kappa shape index (κ3) is 5.73. The number of carbonyl (C=O) groups excluding carboxylic acids is 1. The number of para-hydroxylation sites is 1. The lowest BCUT2D eigenvalue weighted by Gasteiger charge is -2.32. The van der Waals surface area contributed by atoms with Crippen molar-refractivity contribution in [2.24, 2.45) is 0 Å². The van der Waals surface area contributed by atoms with E-state index in [1.807, 2.05) is 61.5 Å². The molecule has 172 valence electrons. The second-order valence-corrected chi connectivity index (χ2v) is 8.93. The summed E-state index contributed by atoms with van der Waals surface area (Å²) in [4.78, 5) is 20.3. The van der Waals surface area contributed by atoms with Crippen LogP contribution in [0.4, 0.5) is 0 Å². The van der Waals surface area contributed by atoms with E-state index in [2.05, 4.69) is 16.3 Å². The Balaban J connectivity index is 1.43. The van der Waals surface area contributed by atoms with Gasteiger partial charge in [0.1, 0.15) is 5.75 Å². The van der Waals surface area contributed by atoms with Gasteiger partial charge in [-0.25, -0.2) is 0 Å². The maximum atomic E-state index is 13.1. The Morgan fingerprint density at radius 3 is 2.48 bits per heavy atom. The van der Waals surface area contributed by atoms with Gasteiger partial charge < -0.3 is 10.1 Å². The van der Waals surface area contributed by atoms with Crippen LogP contribution in [-0.2, 0) is 13.1 Å². The maximum Gasteiger partial charge on any atom is 0.253 e. The van der Waals surface area contributed by atoms with Gasteiger partial charge >= 0.3 is 0 Å². The fraction of sp³-hybridized carbons (Fsp3) is 0.333. The lowest BCUT2D eigenvalue weighted by molar-refractivity contribution is 0.0947. The number of rotatable bonds is 7. The van der Waals surface area contributed by atoms with Crippen molar-refractivity contribution in [3.63, 3.8) is 0 Å². The van der Waals surface area contributed by atoms with Gasteiger partial charge in [0.05, 0.1) is 18.4 Å². The Morgan fingerprint density at radius 1 is 1.06 bits per heavy atom. The van der Waals surface area contributed by atoms with Gasteiger partial charge in [-0.1, -0.05) is 48.0 Å². The molecule has 5 nitrogen and oxygen atoms in total. The molecule has 1 amide bonds. The molecule has 1 fully saturated rings. The number of pyridine rings is 1. The number of carbonyl (C=O) groups is 1. The first-order valence-electron chi connectivity index (χ1n) is 11.4. The van der Waals surface area contributed by atoms with Crippen LogP contribution in [0.15, 0.2) is 60.7 Å². The smallest absolute Gasteiger partial charge is 0.253 e. The van der Waals surface area contributed by atoms with Gasteiger partial charge in [-0.2, -0.15) is 0 Å². The van der Waals surface area contributed by atoms with E-state index in [0.717, 1.165) is 65.8 Å². The minimum absolute atomic E-state index is 0.0955. The molecule has 4 rings (SSSR count). The number of ether oxygens (including phenoxy) is 1. The highest BCUT2D eigenvalue weighted by Gasteiger charge is 2.26. The molecule has 0 aliphatic carbocycles. The molecule has 1 aromatic heterocycles. The van der Waals surface area contributed by atoms with E-state index in [9.17, 15) is 4.79 Å². The molecule has 2 heterocycles. The number of hydrogen-bond donors (Lipinski definition) is 1. The zero-order valence-electron chi connectivity index (χ0n) is 19.2. The van der Waals surface area contributed by atoms with Crippen molar-refractivity contribution in [2.75, 3.05) is 20.2 Å². The monoisotopic (exact) mass is 463 g/mol. The van der Waals surface area contributed by atoms with E-state index in [0.29, 0.717) is 12.1 Å². The van der Waals surface area contributed by atoms with E-state index < -0.39 is 0 Å². The first kappa shape index (κ1) is 23.3. The summed E-state index contributed by atoms with van der Waals surface area (Å²) in [6, 6.07) is 19.6. The summed E-state index contributed by atoms with van der Waals surface area (Å²) in [6.07, 6.45) is 1.93. The van der Waals surface area contributed by atoms with Gasteiger partial charge in [0.2, 0.25) is 0 Å². The number of halogens is 1. The predicted molar refractivity (Wildman–Crippen MR) is 132 cm³/mol. The normalized spacial score (nSPS) is 14.8. The van der Waals surface area contributed by atoms with Gasteiger partial charge in [0.25, 0.3) is 5.91 Å². The van der Waals surface area contributed by atoms with E-state index in [4.69, 9.17) is 21.3 Å². The molecule has 0 bridgehead atoms. The van der Waals surface area contributed by atoms with Crippen LogP contribution in [0, 0.1) is 6.92 Å². The molecule has 0 atom stereocenters. The molecular weight excluding hydrogens is 434 g/mol. The Labute approximate surface area is 200 Å². The molecule has 0 spiro atoms. The predicted octanol–water partition coefficient (Wildman–Crippen LogP) is 5.36. The molecule has 0 radical (unpaired) electrons. The van der Waals surface area contributed by atoms with E-state index >= 15 is 0 Å². The molecule has 1 aliphatic heterocycles. The van der Waals surface area contributed by atoms with Gasteiger partial charge in [-0.05, 0) is 62.7 Å². The summed E-state index contributed by atoms with van der Waals surface area (Å²) in [6.45, 7) is 5.14. The summed E-state index contributed by atoms with van der Waals surface area (Å²) in [7, 11) is 1.64.